The van der Waals surface area contributed by atoms with E-state index >= 15 is 0 Å². The summed E-state index contributed by atoms with van der Waals surface area (Å²) in [7, 11) is 0. The fraction of sp³-hybridized carbons (Fsp3) is 0.462. The van der Waals surface area contributed by atoms with Crippen molar-refractivity contribution in [3.05, 3.63) is 28.2 Å². The Morgan fingerprint density at radius 2 is 2.33 bits per heavy atom. The van der Waals surface area contributed by atoms with Crippen molar-refractivity contribution < 1.29 is 4.79 Å². The SMILES string of the molecule is Nc1ccc(C(=O)NCC2CCCCS2)cc1Br. The van der Waals surface area contributed by atoms with Crippen LogP contribution in [0.4, 0.5) is 5.69 Å². The Morgan fingerprint density at radius 3 is 3.00 bits per heavy atom. The van der Waals surface area contributed by atoms with Gasteiger partial charge in [-0.05, 0) is 52.7 Å². The zero-order valence-corrected chi connectivity index (χ0v) is 12.5. The summed E-state index contributed by atoms with van der Waals surface area (Å²) in [6, 6.07) is 5.26. The molecule has 1 aliphatic rings. The number of rotatable bonds is 3. The summed E-state index contributed by atoms with van der Waals surface area (Å²) in [5, 5.41) is 3.56. The maximum absolute atomic E-state index is 12.0. The predicted octanol–water partition coefficient (Wildman–Crippen LogP) is 3.05. The minimum atomic E-state index is -0.0260. The van der Waals surface area contributed by atoms with Crippen molar-refractivity contribution in [2.24, 2.45) is 0 Å². The first kappa shape index (κ1) is 13.7. The van der Waals surface area contributed by atoms with Gasteiger partial charge in [0.2, 0.25) is 0 Å². The van der Waals surface area contributed by atoms with Crippen LogP contribution in [0.15, 0.2) is 22.7 Å². The topological polar surface area (TPSA) is 55.1 Å². The van der Waals surface area contributed by atoms with Crippen molar-refractivity contribution in [2.45, 2.75) is 24.5 Å². The van der Waals surface area contributed by atoms with Crippen molar-refractivity contribution in [3.63, 3.8) is 0 Å². The summed E-state index contributed by atoms with van der Waals surface area (Å²) in [6.45, 7) is 0.755. The van der Waals surface area contributed by atoms with Gasteiger partial charge in [0, 0.05) is 27.5 Å². The third-order valence-electron chi connectivity index (χ3n) is 3.03. The summed E-state index contributed by atoms with van der Waals surface area (Å²) < 4.78 is 0.766. The van der Waals surface area contributed by atoms with Crippen molar-refractivity contribution in [1.82, 2.24) is 5.32 Å². The van der Waals surface area contributed by atoms with E-state index in [9.17, 15) is 4.79 Å². The molecule has 98 valence electrons. The number of hydrogen-bond donors (Lipinski definition) is 2. The highest BCUT2D eigenvalue weighted by atomic mass is 79.9. The Bertz CT molecular complexity index is 433. The minimum Gasteiger partial charge on any atom is -0.398 e. The molecule has 1 unspecified atom stereocenters. The maximum atomic E-state index is 12.0. The number of thioether (sulfide) groups is 1. The molecule has 18 heavy (non-hydrogen) atoms. The highest BCUT2D eigenvalue weighted by molar-refractivity contribution is 9.10. The molecule has 0 bridgehead atoms. The molecule has 1 aromatic carbocycles. The molecule has 0 aromatic heterocycles. The number of nitrogen functional groups attached to an aromatic ring is 1. The van der Waals surface area contributed by atoms with Crippen LogP contribution in [0.5, 0.6) is 0 Å². The van der Waals surface area contributed by atoms with Crippen LogP contribution in [0, 0.1) is 0 Å². The fourth-order valence-electron chi connectivity index (χ4n) is 1.95. The molecule has 0 saturated carbocycles. The van der Waals surface area contributed by atoms with Gasteiger partial charge in [0.15, 0.2) is 0 Å². The lowest BCUT2D eigenvalue weighted by Gasteiger charge is -2.21. The van der Waals surface area contributed by atoms with Gasteiger partial charge in [-0.3, -0.25) is 4.79 Å². The number of halogens is 1. The van der Waals surface area contributed by atoms with E-state index in [0.29, 0.717) is 16.5 Å². The van der Waals surface area contributed by atoms with Gasteiger partial charge in [0.25, 0.3) is 5.91 Å². The summed E-state index contributed by atoms with van der Waals surface area (Å²) in [5.74, 6) is 1.19. The summed E-state index contributed by atoms with van der Waals surface area (Å²) in [5.41, 5.74) is 7.00. The molecule has 1 fully saturated rings. The third-order valence-corrected chi connectivity index (χ3v) is 5.11. The zero-order valence-electron chi connectivity index (χ0n) is 10.1. The minimum absolute atomic E-state index is 0.0260. The summed E-state index contributed by atoms with van der Waals surface area (Å²) in [6.07, 6.45) is 3.79. The van der Waals surface area contributed by atoms with Crippen molar-refractivity contribution in [2.75, 3.05) is 18.0 Å². The number of carbonyl (C=O) groups excluding carboxylic acids is 1. The number of carbonyl (C=O) groups is 1. The number of amides is 1. The predicted molar refractivity (Wildman–Crippen MR) is 81.0 cm³/mol. The van der Waals surface area contributed by atoms with Gasteiger partial charge in [0.05, 0.1) is 0 Å². The standard InChI is InChI=1S/C13H17BrN2OS/c14-11-7-9(4-5-12(11)15)13(17)16-8-10-3-1-2-6-18-10/h4-5,7,10H,1-3,6,8,15H2,(H,16,17). The highest BCUT2D eigenvalue weighted by Gasteiger charge is 2.15. The molecule has 1 aromatic rings. The second kappa shape index (κ2) is 6.48. The number of benzene rings is 1. The van der Waals surface area contributed by atoms with Gasteiger partial charge in [-0.2, -0.15) is 11.8 Å². The van der Waals surface area contributed by atoms with Gasteiger partial charge in [0.1, 0.15) is 0 Å². The Morgan fingerprint density at radius 1 is 1.50 bits per heavy atom. The molecule has 1 heterocycles. The van der Waals surface area contributed by atoms with Gasteiger partial charge in [-0.15, -0.1) is 0 Å². The molecule has 3 N–H and O–H groups in total. The quantitative estimate of drug-likeness (QED) is 0.838. The van der Waals surface area contributed by atoms with Gasteiger partial charge >= 0.3 is 0 Å². The van der Waals surface area contributed by atoms with E-state index in [4.69, 9.17) is 5.73 Å². The second-order valence-corrected chi connectivity index (χ2v) is 6.70. The average molecular weight is 329 g/mol. The van der Waals surface area contributed by atoms with Crippen LogP contribution in [0.1, 0.15) is 29.6 Å². The number of anilines is 1. The lowest BCUT2D eigenvalue weighted by atomic mass is 10.1. The molecule has 3 nitrogen and oxygen atoms in total. The first-order valence-electron chi connectivity index (χ1n) is 6.11. The van der Waals surface area contributed by atoms with Crippen LogP contribution in [-0.2, 0) is 0 Å². The first-order chi connectivity index (χ1) is 8.66. The van der Waals surface area contributed by atoms with Gasteiger partial charge in [-0.1, -0.05) is 6.42 Å². The molecule has 1 saturated heterocycles. The van der Waals surface area contributed by atoms with E-state index < -0.39 is 0 Å². The van der Waals surface area contributed by atoms with Crippen molar-refractivity contribution in [3.8, 4) is 0 Å². The smallest absolute Gasteiger partial charge is 0.251 e. The molecule has 1 atom stereocenters. The normalized spacial score (nSPS) is 19.5. The third kappa shape index (κ3) is 3.65. The average Bonchev–Trinajstić information content (AvgIpc) is 2.40. The Labute approximate surface area is 120 Å². The molecule has 0 aliphatic carbocycles. The lowest BCUT2D eigenvalue weighted by molar-refractivity contribution is 0.0953. The van der Waals surface area contributed by atoms with Crippen LogP contribution >= 0.6 is 27.7 Å². The van der Waals surface area contributed by atoms with Gasteiger partial charge in [-0.25, -0.2) is 0 Å². The van der Waals surface area contributed by atoms with Crippen LogP contribution < -0.4 is 11.1 Å². The Balaban J connectivity index is 1.88. The summed E-state index contributed by atoms with van der Waals surface area (Å²) >= 11 is 5.29. The van der Waals surface area contributed by atoms with Crippen LogP contribution in [0.25, 0.3) is 0 Å². The van der Waals surface area contributed by atoms with E-state index in [1.165, 1.54) is 25.0 Å². The first-order valence-corrected chi connectivity index (χ1v) is 7.96. The molecular weight excluding hydrogens is 312 g/mol. The molecule has 1 aliphatic heterocycles. The van der Waals surface area contributed by atoms with E-state index in [-0.39, 0.29) is 5.91 Å². The second-order valence-electron chi connectivity index (χ2n) is 4.43. The van der Waals surface area contributed by atoms with Crippen LogP contribution in [-0.4, -0.2) is 23.5 Å². The molecule has 0 radical (unpaired) electrons. The van der Waals surface area contributed by atoms with Crippen LogP contribution in [0.3, 0.4) is 0 Å². The van der Waals surface area contributed by atoms with E-state index in [0.717, 1.165) is 11.0 Å². The molecule has 0 spiro atoms. The van der Waals surface area contributed by atoms with E-state index in [2.05, 4.69) is 21.2 Å². The largest absolute Gasteiger partial charge is 0.398 e. The maximum Gasteiger partial charge on any atom is 0.251 e. The molecule has 1 amide bonds. The Hall–Kier alpha value is -0.680. The molecular formula is C13H17BrN2OS. The Kier molecular flexibility index (Phi) is 4.95. The molecule has 5 heteroatoms. The monoisotopic (exact) mass is 328 g/mol. The molecule has 2 rings (SSSR count). The number of hydrogen-bond acceptors (Lipinski definition) is 3. The van der Waals surface area contributed by atoms with Crippen molar-refractivity contribution in [1.29, 1.82) is 0 Å². The number of nitrogens with one attached hydrogen (secondary N) is 1. The fourth-order valence-corrected chi connectivity index (χ4v) is 3.56. The van der Waals surface area contributed by atoms with E-state index in [1.54, 1.807) is 18.2 Å². The highest BCUT2D eigenvalue weighted by Crippen LogP contribution is 2.24. The number of nitrogens with two attached hydrogens (primary N) is 1. The zero-order chi connectivity index (χ0) is 13.0. The van der Waals surface area contributed by atoms with Crippen molar-refractivity contribution >= 4 is 39.3 Å². The van der Waals surface area contributed by atoms with Crippen LogP contribution in [0.2, 0.25) is 0 Å². The summed E-state index contributed by atoms with van der Waals surface area (Å²) in [4.78, 5) is 12.0. The van der Waals surface area contributed by atoms with E-state index in [1.807, 2.05) is 11.8 Å². The lowest BCUT2D eigenvalue weighted by Crippen LogP contribution is -2.31. The van der Waals surface area contributed by atoms with Gasteiger partial charge < -0.3 is 11.1 Å².